The van der Waals surface area contributed by atoms with Crippen LogP contribution in [0.25, 0.3) is 0 Å². The van der Waals surface area contributed by atoms with E-state index in [1.54, 1.807) is 0 Å². The van der Waals surface area contributed by atoms with E-state index in [0.29, 0.717) is 0 Å². The summed E-state index contributed by atoms with van der Waals surface area (Å²) < 4.78 is 2.37. The van der Waals surface area contributed by atoms with Crippen molar-refractivity contribution in [1.82, 2.24) is 0 Å². The van der Waals surface area contributed by atoms with Crippen LogP contribution in [0.2, 0.25) is 0 Å². The molecule has 2 heteroatoms. The van der Waals surface area contributed by atoms with Gasteiger partial charge in [-0.3, -0.25) is 0 Å². The topological polar surface area (TPSA) is 0 Å². The van der Waals surface area contributed by atoms with Crippen molar-refractivity contribution in [3.8, 4) is 0 Å². The Labute approximate surface area is 65.9 Å². The van der Waals surface area contributed by atoms with Gasteiger partial charge in [0, 0.05) is 8.96 Å². The van der Waals surface area contributed by atoms with Gasteiger partial charge in [0.25, 0.3) is 0 Å². The predicted molar refractivity (Wildman–Crippen MR) is 43.3 cm³/mol. The summed E-state index contributed by atoms with van der Waals surface area (Å²) in [5.74, 6) is 0. The summed E-state index contributed by atoms with van der Waals surface area (Å²) in [6.45, 7) is 0. The molecule has 1 aliphatic rings. The molecule has 0 radical (unpaired) electrons. The molecule has 0 nitrogen and oxygen atoms in total. The molecular weight excluding hydrogens is 232 g/mol. The Bertz CT molecular complexity index is 127. The van der Waals surface area contributed by atoms with Crippen molar-refractivity contribution in [3.63, 3.8) is 0 Å². The van der Waals surface area contributed by atoms with E-state index in [1.807, 2.05) is 0 Å². The number of hydrogen-bond acceptors (Lipinski definition) is 0. The minimum absolute atomic E-state index is 1.16. The number of hydrogen-bond donors (Lipinski definition) is 0. The highest BCUT2D eigenvalue weighted by atomic mass is 79.9. The van der Waals surface area contributed by atoms with Crippen molar-refractivity contribution < 1.29 is 0 Å². The second kappa shape index (κ2) is 2.83. The summed E-state index contributed by atoms with van der Waals surface area (Å²) >= 11 is 6.80. The van der Waals surface area contributed by atoms with Crippen LogP contribution in [-0.4, -0.2) is 0 Å². The summed E-state index contributed by atoms with van der Waals surface area (Å²) in [5, 5.41) is 0. The van der Waals surface area contributed by atoms with E-state index in [9.17, 15) is 0 Å². The van der Waals surface area contributed by atoms with Gasteiger partial charge < -0.3 is 0 Å². The molecule has 1 aliphatic carbocycles. The maximum atomic E-state index is 3.40. The van der Waals surface area contributed by atoms with Crippen LogP contribution < -0.4 is 0 Å². The molecule has 0 aromatic rings. The molecule has 0 unspecified atom stereocenters. The molecule has 0 fully saturated rings. The van der Waals surface area contributed by atoms with Gasteiger partial charge in [-0.15, -0.1) is 0 Å². The summed E-state index contributed by atoms with van der Waals surface area (Å²) in [7, 11) is 0. The molecule has 0 spiro atoms. The van der Waals surface area contributed by atoms with Crippen molar-refractivity contribution in [2.24, 2.45) is 0 Å². The first-order valence-electron chi connectivity index (χ1n) is 2.52. The monoisotopic (exact) mass is 236 g/mol. The fourth-order valence-electron chi connectivity index (χ4n) is 0.615. The van der Waals surface area contributed by atoms with E-state index in [2.05, 4.69) is 44.0 Å². The highest BCUT2D eigenvalue weighted by Crippen LogP contribution is 2.27. The summed E-state index contributed by atoms with van der Waals surface area (Å²) in [6, 6.07) is 0. The molecule has 0 bridgehead atoms. The predicted octanol–water partition coefficient (Wildman–Crippen LogP) is 3.34. The first kappa shape index (κ1) is 6.56. The SMILES string of the molecule is BrC1=CCCC=C1Br. The zero-order chi connectivity index (χ0) is 5.98. The third-order valence-corrected chi connectivity index (χ3v) is 3.08. The maximum absolute atomic E-state index is 3.40. The van der Waals surface area contributed by atoms with Crippen LogP contribution in [-0.2, 0) is 0 Å². The smallest absolute Gasteiger partial charge is 0.0274 e. The molecule has 0 amide bonds. The van der Waals surface area contributed by atoms with Crippen molar-refractivity contribution in [2.75, 3.05) is 0 Å². The zero-order valence-corrected chi connectivity index (χ0v) is 7.50. The maximum Gasteiger partial charge on any atom is 0.0274 e. The fourth-order valence-corrected chi connectivity index (χ4v) is 1.40. The summed E-state index contributed by atoms with van der Waals surface area (Å²) in [5.41, 5.74) is 0. The lowest BCUT2D eigenvalue weighted by Gasteiger charge is -2.02. The van der Waals surface area contributed by atoms with Gasteiger partial charge in [0.15, 0.2) is 0 Å². The summed E-state index contributed by atoms with van der Waals surface area (Å²) in [4.78, 5) is 0. The van der Waals surface area contributed by atoms with Gasteiger partial charge in [-0.25, -0.2) is 0 Å². The van der Waals surface area contributed by atoms with Gasteiger partial charge in [-0.2, -0.15) is 0 Å². The first-order valence-corrected chi connectivity index (χ1v) is 4.11. The van der Waals surface area contributed by atoms with E-state index in [-0.39, 0.29) is 0 Å². The molecular formula is C6H6Br2. The number of allylic oxidation sites excluding steroid dienone is 4. The Morgan fingerprint density at radius 2 is 1.38 bits per heavy atom. The Morgan fingerprint density at radius 1 is 1.00 bits per heavy atom. The van der Waals surface area contributed by atoms with Crippen LogP contribution >= 0.6 is 31.9 Å². The molecule has 0 aromatic carbocycles. The quantitative estimate of drug-likeness (QED) is 0.607. The lowest BCUT2D eigenvalue weighted by Crippen LogP contribution is -1.79. The Morgan fingerprint density at radius 3 is 1.62 bits per heavy atom. The molecule has 0 aliphatic heterocycles. The standard InChI is InChI=1S/C6H6Br2/c7-5-3-1-2-4-6(5)8/h3-4H,1-2H2. The van der Waals surface area contributed by atoms with E-state index in [0.717, 1.165) is 12.8 Å². The van der Waals surface area contributed by atoms with Crippen molar-refractivity contribution in [1.29, 1.82) is 0 Å². The van der Waals surface area contributed by atoms with Gasteiger partial charge in [0.05, 0.1) is 0 Å². The average Bonchev–Trinajstić information content (AvgIpc) is 1.77. The lowest BCUT2D eigenvalue weighted by molar-refractivity contribution is 1.03. The fraction of sp³-hybridized carbons (Fsp3) is 0.333. The minimum atomic E-state index is 1.16. The van der Waals surface area contributed by atoms with E-state index >= 15 is 0 Å². The van der Waals surface area contributed by atoms with Crippen LogP contribution in [0.15, 0.2) is 21.1 Å². The van der Waals surface area contributed by atoms with Crippen LogP contribution in [0, 0.1) is 0 Å². The Kier molecular flexibility index (Phi) is 2.32. The normalized spacial score (nSPS) is 19.8. The van der Waals surface area contributed by atoms with Gasteiger partial charge in [-0.1, -0.05) is 12.2 Å². The highest BCUT2D eigenvalue weighted by molar-refractivity contribution is 9.15. The van der Waals surface area contributed by atoms with Gasteiger partial charge >= 0.3 is 0 Å². The number of rotatable bonds is 0. The molecule has 8 heavy (non-hydrogen) atoms. The summed E-state index contributed by atoms with van der Waals surface area (Å²) in [6.07, 6.45) is 6.67. The highest BCUT2D eigenvalue weighted by Gasteiger charge is 1.99. The van der Waals surface area contributed by atoms with Gasteiger partial charge in [-0.05, 0) is 44.7 Å². The average molecular weight is 238 g/mol. The lowest BCUT2D eigenvalue weighted by atomic mass is 10.2. The largest absolute Gasteiger partial charge is 0.0688 e. The molecule has 0 N–H and O–H groups in total. The van der Waals surface area contributed by atoms with E-state index in [1.165, 1.54) is 8.96 Å². The number of halogens is 2. The van der Waals surface area contributed by atoms with E-state index in [4.69, 9.17) is 0 Å². The molecule has 0 saturated carbocycles. The van der Waals surface area contributed by atoms with Crippen molar-refractivity contribution >= 4 is 31.9 Å². The second-order valence-electron chi connectivity index (χ2n) is 1.68. The van der Waals surface area contributed by atoms with E-state index < -0.39 is 0 Å². The van der Waals surface area contributed by atoms with Crippen LogP contribution in [0.3, 0.4) is 0 Å². The molecule has 44 valence electrons. The molecule has 0 heterocycles. The third kappa shape index (κ3) is 1.46. The zero-order valence-electron chi connectivity index (χ0n) is 4.32. The van der Waals surface area contributed by atoms with Crippen molar-refractivity contribution in [2.45, 2.75) is 12.8 Å². The Hall–Kier alpha value is 0.440. The molecule has 0 aromatic heterocycles. The Balaban J connectivity index is 2.73. The first-order chi connectivity index (χ1) is 3.80. The van der Waals surface area contributed by atoms with Gasteiger partial charge in [0.1, 0.15) is 0 Å². The molecule has 0 saturated heterocycles. The van der Waals surface area contributed by atoms with Crippen molar-refractivity contribution in [3.05, 3.63) is 21.1 Å². The minimum Gasteiger partial charge on any atom is -0.0688 e. The van der Waals surface area contributed by atoms with Gasteiger partial charge in [0.2, 0.25) is 0 Å². The van der Waals surface area contributed by atoms with Crippen LogP contribution in [0.1, 0.15) is 12.8 Å². The second-order valence-corrected chi connectivity index (χ2v) is 3.39. The van der Waals surface area contributed by atoms with Crippen LogP contribution in [0.4, 0.5) is 0 Å². The third-order valence-electron chi connectivity index (χ3n) is 1.04. The van der Waals surface area contributed by atoms with Crippen LogP contribution in [0.5, 0.6) is 0 Å². The molecule has 1 rings (SSSR count). The molecule has 0 atom stereocenters.